The van der Waals surface area contributed by atoms with Crippen molar-refractivity contribution in [2.45, 2.75) is 32.6 Å². The zero-order valence-electron chi connectivity index (χ0n) is 13.8. The molecular weight excluding hydrogens is 320 g/mol. The Morgan fingerprint density at radius 3 is 2.79 bits per heavy atom. The quantitative estimate of drug-likeness (QED) is 0.730. The molecule has 3 heterocycles. The number of methoxy groups -OCH3 is 1. The first-order valence-corrected chi connectivity index (χ1v) is 8.95. The van der Waals surface area contributed by atoms with Crippen molar-refractivity contribution in [1.29, 1.82) is 0 Å². The average molecular weight is 340 g/mol. The maximum atomic E-state index is 5.29. The SMILES string of the molecule is COc1ccc(C2Cn3c(C)cnc3CN2Cc2cscn2)cc1. The third kappa shape index (κ3) is 2.83. The minimum atomic E-state index is 0.304. The van der Waals surface area contributed by atoms with E-state index in [0.29, 0.717) is 6.04 Å². The minimum Gasteiger partial charge on any atom is -0.497 e. The van der Waals surface area contributed by atoms with Crippen LogP contribution in [0.4, 0.5) is 0 Å². The summed E-state index contributed by atoms with van der Waals surface area (Å²) in [5, 5.41) is 2.12. The number of aromatic nitrogens is 3. The third-order valence-corrected chi connectivity index (χ3v) is 5.26. The van der Waals surface area contributed by atoms with Crippen LogP contribution in [0.5, 0.6) is 5.75 Å². The summed E-state index contributed by atoms with van der Waals surface area (Å²) in [5.74, 6) is 2.02. The van der Waals surface area contributed by atoms with E-state index in [9.17, 15) is 0 Å². The number of nitrogens with zero attached hydrogens (tertiary/aromatic N) is 4. The molecule has 0 radical (unpaired) electrons. The van der Waals surface area contributed by atoms with Crippen LogP contribution in [0.25, 0.3) is 0 Å². The lowest BCUT2D eigenvalue weighted by atomic mass is 10.0. The summed E-state index contributed by atoms with van der Waals surface area (Å²) >= 11 is 1.64. The Labute approximate surface area is 145 Å². The van der Waals surface area contributed by atoms with E-state index in [4.69, 9.17) is 4.74 Å². The smallest absolute Gasteiger partial charge is 0.123 e. The van der Waals surface area contributed by atoms with E-state index in [-0.39, 0.29) is 0 Å². The molecular formula is C18H20N4OS. The molecule has 0 saturated carbocycles. The van der Waals surface area contributed by atoms with Crippen LogP contribution in [0.3, 0.4) is 0 Å². The second kappa shape index (κ2) is 6.37. The van der Waals surface area contributed by atoms with Gasteiger partial charge in [0.15, 0.2) is 0 Å². The van der Waals surface area contributed by atoms with Crippen molar-refractivity contribution in [2.75, 3.05) is 7.11 Å². The van der Waals surface area contributed by atoms with Crippen LogP contribution in [-0.4, -0.2) is 26.5 Å². The molecule has 5 nitrogen and oxygen atoms in total. The van der Waals surface area contributed by atoms with Gasteiger partial charge in [-0.05, 0) is 24.6 Å². The van der Waals surface area contributed by atoms with Gasteiger partial charge in [0, 0.05) is 30.4 Å². The molecule has 1 aliphatic heterocycles. The first-order valence-electron chi connectivity index (χ1n) is 8.00. The molecule has 0 amide bonds. The maximum absolute atomic E-state index is 5.29. The number of hydrogen-bond acceptors (Lipinski definition) is 5. The molecule has 0 N–H and O–H groups in total. The number of fused-ring (bicyclic) bond motifs is 1. The predicted octanol–water partition coefficient (Wildman–Crippen LogP) is 3.41. The Balaban J connectivity index is 1.67. The lowest BCUT2D eigenvalue weighted by Crippen LogP contribution is -2.37. The maximum Gasteiger partial charge on any atom is 0.123 e. The molecule has 1 aromatic carbocycles. The number of hydrogen-bond donors (Lipinski definition) is 0. The van der Waals surface area contributed by atoms with Crippen LogP contribution in [0.2, 0.25) is 0 Å². The fourth-order valence-corrected chi connectivity index (χ4v) is 3.85. The van der Waals surface area contributed by atoms with Crippen molar-refractivity contribution >= 4 is 11.3 Å². The Bertz CT molecular complexity index is 810. The molecule has 0 spiro atoms. The van der Waals surface area contributed by atoms with Gasteiger partial charge >= 0.3 is 0 Å². The summed E-state index contributed by atoms with van der Waals surface area (Å²) in [6.07, 6.45) is 1.97. The van der Waals surface area contributed by atoms with Crippen LogP contribution < -0.4 is 4.74 Å². The number of ether oxygens (including phenoxy) is 1. The van der Waals surface area contributed by atoms with Gasteiger partial charge in [0.1, 0.15) is 11.6 Å². The molecule has 2 aromatic heterocycles. The van der Waals surface area contributed by atoms with Gasteiger partial charge in [-0.25, -0.2) is 9.97 Å². The van der Waals surface area contributed by atoms with Gasteiger partial charge in [0.25, 0.3) is 0 Å². The van der Waals surface area contributed by atoms with Crippen LogP contribution in [-0.2, 0) is 19.6 Å². The minimum absolute atomic E-state index is 0.304. The summed E-state index contributed by atoms with van der Waals surface area (Å²) in [6.45, 7) is 4.71. The summed E-state index contributed by atoms with van der Waals surface area (Å²) in [5.41, 5.74) is 5.53. The third-order valence-electron chi connectivity index (χ3n) is 4.63. The molecule has 124 valence electrons. The monoisotopic (exact) mass is 340 g/mol. The van der Waals surface area contributed by atoms with Gasteiger partial charge in [0.05, 0.1) is 30.9 Å². The zero-order valence-corrected chi connectivity index (χ0v) is 14.7. The predicted molar refractivity (Wildman–Crippen MR) is 94.1 cm³/mol. The molecule has 1 aliphatic rings. The molecule has 1 atom stereocenters. The molecule has 0 bridgehead atoms. The lowest BCUT2D eigenvalue weighted by molar-refractivity contribution is 0.126. The topological polar surface area (TPSA) is 43.2 Å². The van der Waals surface area contributed by atoms with Gasteiger partial charge in [-0.1, -0.05) is 12.1 Å². The standard InChI is InChI=1S/C18H20N4OS/c1-13-7-19-18-10-21(8-15-11-24-12-20-15)17(9-22(13)18)14-3-5-16(23-2)6-4-14/h3-7,11-12,17H,8-10H2,1-2H3. The number of thiazole rings is 1. The van der Waals surface area contributed by atoms with Crippen LogP contribution in [0.1, 0.15) is 28.8 Å². The number of rotatable bonds is 4. The van der Waals surface area contributed by atoms with Crippen LogP contribution >= 0.6 is 11.3 Å². The largest absolute Gasteiger partial charge is 0.497 e. The van der Waals surface area contributed by atoms with E-state index in [1.165, 1.54) is 11.3 Å². The van der Waals surface area contributed by atoms with E-state index in [1.54, 1.807) is 18.4 Å². The fraction of sp³-hybridized carbons (Fsp3) is 0.333. The molecule has 3 aromatic rings. The second-order valence-electron chi connectivity index (χ2n) is 6.10. The average Bonchev–Trinajstić information content (AvgIpc) is 3.25. The Hall–Kier alpha value is -2.18. The molecule has 24 heavy (non-hydrogen) atoms. The highest BCUT2D eigenvalue weighted by Gasteiger charge is 2.29. The number of imidazole rings is 1. The zero-order chi connectivity index (χ0) is 16.5. The molecule has 0 saturated heterocycles. The second-order valence-corrected chi connectivity index (χ2v) is 6.82. The van der Waals surface area contributed by atoms with Crippen LogP contribution in [0.15, 0.2) is 41.4 Å². The van der Waals surface area contributed by atoms with Crippen molar-refractivity contribution in [3.8, 4) is 5.75 Å². The summed E-state index contributed by atoms with van der Waals surface area (Å²) in [4.78, 5) is 11.5. The van der Waals surface area contributed by atoms with E-state index in [1.807, 2.05) is 23.8 Å². The highest BCUT2D eigenvalue weighted by atomic mass is 32.1. The lowest BCUT2D eigenvalue weighted by Gasteiger charge is -2.36. The fourth-order valence-electron chi connectivity index (χ4n) is 3.30. The molecule has 1 unspecified atom stereocenters. The highest BCUT2D eigenvalue weighted by molar-refractivity contribution is 7.07. The Morgan fingerprint density at radius 2 is 2.08 bits per heavy atom. The molecule has 0 fully saturated rings. The summed E-state index contributed by atoms with van der Waals surface area (Å²) in [7, 11) is 1.70. The number of benzene rings is 1. The van der Waals surface area contributed by atoms with E-state index < -0.39 is 0 Å². The molecule has 0 aliphatic carbocycles. The first-order chi connectivity index (χ1) is 11.7. The summed E-state index contributed by atoms with van der Waals surface area (Å²) in [6, 6.07) is 8.70. The van der Waals surface area contributed by atoms with E-state index >= 15 is 0 Å². The normalized spacial score (nSPS) is 17.7. The highest BCUT2D eigenvalue weighted by Crippen LogP contribution is 2.32. The van der Waals surface area contributed by atoms with Crippen LogP contribution in [0, 0.1) is 6.92 Å². The van der Waals surface area contributed by atoms with Gasteiger partial charge in [-0.2, -0.15) is 0 Å². The Kier molecular flexibility index (Phi) is 4.08. The van der Waals surface area contributed by atoms with Gasteiger partial charge in [0.2, 0.25) is 0 Å². The van der Waals surface area contributed by atoms with Crippen molar-refractivity contribution in [3.63, 3.8) is 0 Å². The van der Waals surface area contributed by atoms with Gasteiger partial charge < -0.3 is 9.30 Å². The van der Waals surface area contributed by atoms with E-state index in [0.717, 1.165) is 36.9 Å². The van der Waals surface area contributed by atoms with Crippen molar-refractivity contribution in [2.24, 2.45) is 0 Å². The molecule has 6 heteroatoms. The van der Waals surface area contributed by atoms with Crippen molar-refractivity contribution in [3.05, 3.63) is 64.1 Å². The number of aryl methyl sites for hydroxylation is 1. The van der Waals surface area contributed by atoms with Gasteiger partial charge in [-0.15, -0.1) is 11.3 Å². The Morgan fingerprint density at radius 1 is 1.25 bits per heavy atom. The van der Waals surface area contributed by atoms with Crippen molar-refractivity contribution < 1.29 is 4.74 Å². The first kappa shape index (κ1) is 15.4. The summed E-state index contributed by atoms with van der Waals surface area (Å²) < 4.78 is 7.62. The van der Waals surface area contributed by atoms with Crippen molar-refractivity contribution in [1.82, 2.24) is 19.4 Å². The molecule has 4 rings (SSSR count). The van der Waals surface area contributed by atoms with Gasteiger partial charge in [-0.3, -0.25) is 4.90 Å². The van der Waals surface area contributed by atoms with E-state index in [2.05, 4.69) is 43.9 Å².